The fourth-order valence-electron chi connectivity index (χ4n) is 7.51. The van der Waals surface area contributed by atoms with Crippen molar-refractivity contribution in [1.82, 2.24) is 0 Å². The van der Waals surface area contributed by atoms with Gasteiger partial charge in [0.15, 0.2) is 52.5 Å². The molecule has 3 N–H and O–H groups in total. The Morgan fingerprint density at radius 3 is 1.04 bits per heavy atom. The van der Waals surface area contributed by atoms with Gasteiger partial charge in [0.2, 0.25) is 0 Å². The van der Waals surface area contributed by atoms with Crippen LogP contribution in [0.2, 0.25) is 0 Å². The van der Waals surface area contributed by atoms with Crippen molar-refractivity contribution in [3.05, 3.63) is 119 Å². The van der Waals surface area contributed by atoms with Gasteiger partial charge in [0.1, 0.15) is 39.5 Å². The van der Waals surface area contributed by atoms with Crippen LogP contribution < -0.4 is 19.6 Å². The minimum absolute atomic E-state index is 0.0252. The molecule has 0 spiro atoms. The highest BCUT2D eigenvalue weighted by atomic mass is 16.6. The standard InChI is InChI=1S/C57H60N4O28/c1-58(21-48(67)68)43-12-6-40(7-13-43)54(76)84-24-51(73)87-28-57(27-79-20-2-3-47(66)39-4-14-45(15-5-39)60(31-80-35-62)32-81-36-63,29-88-52(74)25-85-55(77)41-8-16-44(17-9-41)59(22-49(69)70)23-50(71)72)30-89-53(75)26-86-56(78)42-10-18-46(19-11-42)61(33-82-37-64)34-83-38-65/h4-19,35-38H,2-3,20-34H2,1H3,(H,67,68)(H,69,70)(H,71,72). The molecule has 0 aliphatic heterocycles. The average molecular weight is 1250 g/mol. The SMILES string of the molecule is CN(CC(=O)O)c1ccc(C(=O)OCC(=O)OCC(COCCCC(=O)c2ccc(N(COC=O)COC=O)cc2)(COC(=O)COC(=O)c2ccc(N(COC=O)COC=O)cc2)COC(=O)COC(=O)c2ccc(N(CC(=O)O)CC(=O)O)cc2)cc1. The van der Waals surface area contributed by atoms with Crippen molar-refractivity contribution in [3.63, 3.8) is 0 Å². The first-order valence-corrected chi connectivity index (χ1v) is 26.0. The predicted octanol–water partition coefficient (Wildman–Crippen LogP) is 1.48. The molecule has 0 amide bonds. The van der Waals surface area contributed by atoms with Gasteiger partial charge in [-0.3, -0.25) is 38.4 Å². The largest absolute Gasteiger partial charge is 0.480 e. The molecular weight excluding hydrogens is 1190 g/mol. The summed E-state index contributed by atoms with van der Waals surface area (Å²) in [4.78, 5) is 174. The normalized spacial score (nSPS) is 11.1. The van der Waals surface area contributed by atoms with Gasteiger partial charge >= 0.3 is 53.7 Å². The molecule has 0 aromatic heterocycles. The molecule has 0 bridgehead atoms. The number of aliphatic carboxylic acids is 3. The second kappa shape index (κ2) is 37.3. The third kappa shape index (κ3) is 25.1. The second-order valence-corrected chi connectivity index (χ2v) is 18.5. The Morgan fingerprint density at radius 1 is 0.404 bits per heavy atom. The summed E-state index contributed by atoms with van der Waals surface area (Å²) in [6.45, 7) is -8.79. The van der Waals surface area contributed by atoms with Crippen molar-refractivity contribution in [3.8, 4) is 0 Å². The molecule has 0 saturated carbocycles. The zero-order chi connectivity index (χ0) is 65.1. The van der Waals surface area contributed by atoms with E-state index in [0.717, 1.165) is 4.90 Å². The number of rotatable bonds is 44. The van der Waals surface area contributed by atoms with Crippen LogP contribution >= 0.6 is 0 Å². The molecule has 32 nitrogen and oxygen atoms in total. The van der Waals surface area contributed by atoms with Gasteiger partial charge in [0.05, 0.1) is 28.7 Å². The van der Waals surface area contributed by atoms with Crippen LogP contribution in [-0.4, -0.2) is 207 Å². The van der Waals surface area contributed by atoms with Gasteiger partial charge in [-0.05, 0) is 103 Å². The topological polar surface area (TPSA) is 414 Å². The Hall–Kier alpha value is -11.2. The van der Waals surface area contributed by atoms with Gasteiger partial charge < -0.3 is 87.0 Å². The van der Waals surface area contributed by atoms with E-state index in [1.807, 2.05) is 0 Å². The van der Waals surface area contributed by atoms with E-state index < -0.39 is 118 Å². The zero-order valence-corrected chi connectivity index (χ0v) is 47.4. The number of anilines is 4. The Bertz CT molecular complexity index is 3030. The van der Waals surface area contributed by atoms with Gasteiger partial charge in [-0.1, -0.05) is 0 Å². The summed E-state index contributed by atoms with van der Waals surface area (Å²) in [6.07, 6.45) is -0.103. The number of esters is 6. The van der Waals surface area contributed by atoms with E-state index in [9.17, 15) is 77.3 Å². The highest BCUT2D eigenvalue weighted by molar-refractivity contribution is 5.96. The van der Waals surface area contributed by atoms with Crippen LogP contribution in [0, 0.1) is 5.41 Å². The highest BCUT2D eigenvalue weighted by Crippen LogP contribution is 2.24. The van der Waals surface area contributed by atoms with Gasteiger partial charge in [-0.2, -0.15) is 0 Å². The van der Waals surface area contributed by atoms with Crippen LogP contribution in [0.5, 0.6) is 0 Å². The molecule has 32 heteroatoms. The Balaban J connectivity index is 1.55. The summed E-state index contributed by atoms with van der Waals surface area (Å²) in [5.74, 6) is -10.9. The lowest BCUT2D eigenvalue weighted by Crippen LogP contribution is -2.44. The lowest BCUT2D eigenvalue weighted by atomic mass is 9.92. The number of carbonyl (C=O) groups excluding carboxylic acids is 11. The summed E-state index contributed by atoms with van der Waals surface area (Å²) < 4.78 is 56.7. The first-order valence-electron chi connectivity index (χ1n) is 26.0. The van der Waals surface area contributed by atoms with Crippen LogP contribution in [0.1, 0.15) is 54.3 Å². The summed E-state index contributed by atoms with van der Waals surface area (Å²) >= 11 is 0. The summed E-state index contributed by atoms with van der Waals surface area (Å²) in [7, 11) is 1.50. The molecule has 1 atom stereocenters. The fourth-order valence-corrected chi connectivity index (χ4v) is 7.51. The molecule has 4 aromatic rings. The third-order valence-corrected chi connectivity index (χ3v) is 11.9. The molecule has 0 heterocycles. The minimum atomic E-state index is -1.92. The number of hydrogen-bond acceptors (Lipinski definition) is 29. The number of benzene rings is 4. The maximum atomic E-state index is 13.3. The Morgan fingerprint density at radius 2 is 0.719 bits per heavy atom. The Labute approximate surface area is 505 Å². The monoisotopic (exact) mass is 1250 g/mol. The van der Waals surface area contributed by atoms with Crippen molar-refractivity contribution in [2.24, 2.45) is 5.41 Å². The first-order chi connectivity index (χ1) is 42.7. The number of likely N-dealkylation sites (N-methyl/N-ethyl adjacent to an activating group) is 1. The maximum absolute atomic E-state index is 13.3. The summed E-state index contributed by atoms with van der Waals surface area (Å²) in [5, 5.41) is 27.6. The molecule has 0 aliphatic carbocycles. The lowest BCUT2D eigenvalue weighted by Gasteiger charge is -2.32. The van der Waals surface area contributed by atoms with E-state index in [1.54, 1.807) is 0 Å². The molecule has 4 rings (SSSR count). The fraction of sp³-hybridized carbons (Fsp3) is 0.333. The molecule has 476 valence electrons. The number of carbonyl (C=O) groups is 14. The molecule has 0 fully saturated rings. The third-order valence-electron chi connectivity index (χ3n) is 11.9. The number of carboxylic acid groups (broad SMARTS) is 3. The van der Waals surface area contributed by atoms with Crippen molar-refractivity contribution in [2.45, 2.75) is 12.8 Å². The maximum Gasteiger partial charge on any atom is 0.344 e. The van der Waals surface area contributed by atoms with Crippen molar-refractivity contribution >= 4 is 108 Å². The van der Waals surface area contributed by atoms with Gasteiger partial charge in [-0.15, -0.1) is 0 Å². The van der Waals surface area contributed by atoms with Crippen LogP contribution in [0.4, 0.5) is 22.7 Å². The highest BCUT2D eigenvalue weighted by Gasteiger charge is 2.37. The van der Waals surface area contributed by atoms with Crippen LogP contribution in [0.15, 0.2) is 97.1 Å². The number of Topliss-reactive ketones (excluding diaryl/α,β-unsaturated/α-hetero) is 1. The average Bonchev–Trinajstić information content (AvgIpc) is 3.56. The van der Waals surface area contributed by atoms with E-state index in [2.05, 4.69) is 0 Å². The first kappa shape index (κ1) is 70.3. The van der Waals surface area contributed by atoms with E-state index in [4.69, 9.17) is 57.2 Å². The van der Waals surface area contributed by atoms with Gasteiger partial charge in [0, 0.05) is 48.4 Å². The molecule has 4 aromatic carbocycles. The van der Waals surface area contributed by atoms with Gasteiger partial charge in [0.25, 0.3) is 25.9 Å². The van der Waals surface area contributed by atoms with Gasteiger partial charge in [-0.25, -0.2) is 28.8 Å². The zero-order valence-electron chi connectivity index (χ0n) is 47.4. The molecule has 0 radical (unpaired) electrons. The molecular formula is C57H60N4O28. The van der Waals surface area contributed by atoms with Crippen molar-refractivity contribution in [1.29, 1.82) is 0 Å². The number of ketones is 1. The van der Waals surface area contributed by atoms with Crippen LogP contribution in [-0.2, 0) is 100 Å². The summed E-state index contributed by atoms with van der Waals surface area (Å²) in [5.41, 5.74) is -0.661. The van der Waals surface area contributed by atoms with Crippen molar-refractivity contribution < 1.29 is 135 Å². The molecule has 89 heavy (non-hydrogen) atoms. The quantitative estimate of drug-likeness (QED) is 0.0141. The summed E-state index contributed by atoms with van der Waals surface area (Å²) in [6, 6.07) is 21.6. The van der Waals surface area contributed by atoms with Crippen LogP contribution in [0.3, 0.4) is 0 Å². The number of carboxylic acids is 3. The lowest BCUT2D eigenvalue weighted by molar-refractivity contribution is -0.171. The molecule has 1 unspecified atom stereocenters. The predicted molar refractivity (Wildman–Crippen MR) is 298 cm³/mol. The molecule has 0 saturated heterocycles. The van der Waals surface area contributed by atoms with Crippen molar-refractivity contribution in [2.75, 3.05) is 126 Å². The van der Waals surface area contributed by atoms with E-state index >= 15 is 0 Å². The minimum Gasteiger partial charge on any atom is -0.480 e. The number of hydrogen-bond donors (Lipinski definition) is 3. The van der Waals surface area contributed by atoms with Crippen LogP contribution in [0.25, 0.3) is 0 Å². The van der Waals surface area contributed by atoms with E-state index in [1.165, 1.54) is 119 Å². The van der Waals surface area contributed by atoms with E-state index in [0.29, 0.717) is 17.1 Å². The second-order valence-electron chi connectivity index (χ2n) is 18.5. The number of nitrogens with zero attached hydrogens (tertiary/aromatic N) is 4. The molecule has 0 aliphatic rings. The van der Waals surface area contributed by atoms with E-state index in [-0.39, 0.29) is 113 Å². The Kier molecular flexibility index (Phi) is 29.5. The number of ether oxygens (including phenoxy) is 11. The smallest absolute Gasteiger partial charge is 0.344 e.